The Hall–Kier alpha value is -3.79. The number of carbonyl (C=O) groups excluding carboxylic acids is 4. The second-order valence-corrected chi connectivity index (χ2v) is 16.8. The number of fused-ring (bicyclic) bond motifs is 1. The topological polar surface area (TPSA) is 144 Å². The maximum atomic E-state index is 13.1. The summed E-state index contributed by atoms with van der Waals surface area (Å²) in [5.41, 5.74) is 2.68. The first-order valence-corrected chi connectivity index (χ1v) is 19.1. The van der Waals surface area contributed by atoms with Crippen LogP contribution in [0.1, 0.15) is 79.6 Å². The highest BCUT2D eigenvalue weighted by molar-refractivity contribution is 8.00. The van der Waals surface area contributed by atoms with Gasteiger partial charge in [-0.25, -0.2) is 14.8 Å². The Morgan fingerprint density at radius 2 is 1.82 bits per heavy atom. The Kier molecular flexibility index (Phi) is 10.0. The molecule has 0 radical (unpaired) electrons. The molecule has 0 spiro atoms. The van der Waals surface area contributed by atoms with Gasteiger partial charge in [-0.05, 0) is 49.5 Å². The molecule has 2 aromatic heterocycles. The Morgan fingerprint density at radius 1 is 1.04 bits per heavy atom. The van der Waals surface area contributed by atoms with E-state index in [0.29, 0.717) is 54.4 Å². The van der Waals surface area contributed by atoms with Gasteiger partial charge in [0.15, 0.2) is 5.13 Å². The number of oxazole rings is 1. The van der Waals surface area contributed by atoms with Gasteiger partial charge in [0.2, 0.25) is 17.7 Å². The van der Waals surface area contributed by atoms with Crippen molar-refractivity contribution in [2.24, 2.45) is 0 Å². The molecule has 266 valence electrons. The third-order valence-corrected chi connectivity index (χ3v) is 12.1. The predicted molar refractivity (Wildman–Crippen MR) is 190 cm³/mol. The number of amides is 5. The lowest BCUT2D eigenvalue weighted by Gasteiger charge is -2.42. The Bertz CT molecular complexity index is 1750. The first-order valence-electron chi connectivity index (χ1n) is 17.3. The number of nitrogens with one attached hydrogen (secondary N) is 2. The van der Waals surface area contributed by atoms with Crippen LogP contribution in [-0.4, -0.2) is 105 Å². The van der Waals surface area contributed by atoms with Crippen LogP contribution in [0.5, 0.6) is 0 Å². The van der Waals surface area contributed by atoms with Gasteiger partial charge in [0.25, 0.3) is 5.91 Å². The van der Waals surface area contributed by atoms with Gasteiger partial charge in [-0.3, -0.25) is 34.8 Å². The fourth-order valence-electron chi connectivity index (χ4n) is 7.13. The minimum atomic E-state index is -0.596. The predicted octanol–water partition coefficient (Wildman–Crippen LogP) is 4.30. The van der Waals surface area contributed by atoms with E-state index in [2.05, 4.69) is 57.2 Å². The number of anilines is 1. The van der Waals surface area contributed by atoms with Crippen LogP contribution >= 0.6 is 23.1 Å². The molecule has 1 aromatic carbocycles. The van der Waals surface area contributed by atoms with E-state index in [4.69, 9.17) is 4.42 Å². The van der Waals surface area contributed by atoms with Crippen molar-refractivity contribution in [3.8, 4) is 0 Å². The molecule has 0 saturated carbocycles. The number of imide groups is 1. The van der Waals surface area contributed by atoms with Crippen LogP contribution in [0.2, 0.25) is 0 Å². The molecule has 0 aliphatic carbocycles. The van der Waals surface area contributed by atoms with Gasteiger partial charge < -0.3 is 14.2 Å². The summed E-state index contributed by atoms with van der Waals surface area (Å²) in [6, 6.07) is 5.80. The summed E-state index contributed by atoms with van der Waals surface area (Å²) in [5.74, 6) is 1.35. The molecule has 3 saturated heterocycles. The van der Waals surface area contributed by atoms with Crippen LogP contribution in [0.15, 0.2) is 39.2 Å². The summed E-state index contributed by atoms with van der Waals surface area (Å²) < 4.78 is 6.88. The standard InChI is InChI=1S/C35H44N8O5S2/c1-35(2,3)27-17-36-29(48-27)21-49-30-18-37-33(50-30)39-34(47)42-14-12-41(13-15-42)24-8-10-40(11-9-24)19-22-4-5-25-23(16-22)20-43(32(25)46)26-6-7-28(44)38-31(26)45/h4-5,16-18,24,26H,6-15,19-21H2,1-3H3,(H,37,39,47)(H,38,44,45). The minimum absolute atomic E-state index is 0.0789. The van der Waals surface area contributed by atoms with Gasteiger partial charge in [0.1, 0.15) is 11.8 Å². The van der Waals surface area contributed by atoms with Gasteiger partial charge in [-0.15, -0.1) is 11.8 Å². The third kappa shape index (κ3) is 7.75. The Morgan fingerprint density at radius 3 is 2.54 bits per heavy atom. The molecule has 4 aliphatic rings. The van der Waals surface area contributed by atoms with Crippen molar-refractivity contribution in [2.45, 2.75) is 87.0 Å². The van der Waals surface area contributed by atoms with Crippen LogP contribution in [-0.2, 0) is 33.8 Å². The van der Waals surface area contributed by atoms with Crippen LogP contribution in [0.3, 0.4) is 0 Å². The lowest BCUT2D eigenvalue weighted by atomic mass is 9.94. The van der Waals surface area contributed by atoms with Gasteiger partial charge in [-0.2, -0.15) is 0 Å². The Balaban J connectivity index is 0.826. The molecule has 6 heterocycles. The lowest BCUT2D eigenvalue weighted by molar-refractivity contribution is -0.136. The quantitative estimate of drug-likeness (QED) is 0.256. The van der Waals surface area contributed by atoms with E-state index in [0.717, 1.165) is 66.7 Å². The first kappa shape index (κ1) is 34.6. The highest BCUT2D eigenvalue weighted by atomic mass is 32.2. The number of urea groups is 1. The highest BCUT2D eigenvalue weighted by Crippen LogP contribution is 2.33. The molecule has 1 atom stereocenters. The number of carbonyl (C=O) groups is 4. The maximum absolute atomic E-state index is 13.1. The molecule has 3 aromatic rings. The minimum Gasteiger partial charge on any atom is -0.444 e. The molecule has 2 N–H and O–H groups in total. The molecule has 13 nitrogen and oxygen atoms in total. The summed E-state index contributed by atoms with van der Waals surface area (Å²) in [6.07, 6.45) is 6.34. The SMILES string of the molecule is CC(C)(C)c1cnc(CSc2cnc(NC(=O)N3CCN(C4CCN(Cc5ccc6c(c5)CN(C5CCC(=O)NC5=O)C6=O)CC4)CC3)s2)o1. The van der Waals surface area contributed by atoms with Crippen LogP contribution in [0.4, 0.5) is 9.93 Å². The van der Waals surface area contributed by atoms with Crippen molar-refractivity contribution in [3.05, 3.63) is 58.9 Å². The summed E-state index contributed by atoms with van der Waals surface area (Å²) in [7, 11) is 0. The molecule has 1 unspecified atom stereocenters. The fourth-order valence-corrected chi connectivity index (χ4v) is 8.84. The van der Waals surface area contributed by atoms with Crippen molar-refractivity contribution >= 4 is 52.0 Å². The van der Waals surface area contributed by atoms with Crippen molar-refractivity contribution < 1.29 is 23.6 Å². The lowest BCUT2D eigenvalue weighted by Crippen LogP contribution is -2.54. The van der Waals surface area contributed by atoms with Crippen LogP contribution in [0, 0.1) is 0 Å². The van der Waals surface area contributed by atoms with E-state index in [1.807, 2.05) is 17.0 Å². The summed E-state index contributed by atoms with van der Waals surface area (Å²) in [6.45, 7) is 12.6. The number of piperazine rings is 1. The van der Waals surface area contributed by atoms with Crippen molar-refractivity contribution in [2.75, 3.05) is 44.6 Å². The average Bonchev–Trinajstić information content (AvgIpc) is 3.84. The molecule has 5 amide bonds. The van der Waals surface area contributed by atoms with E-state index in [1.165, 1.54) is 11.3 Å². The van der Waals surface area contributed by atoms with Crippen LogP contribution in [0.25, 0.3) is 0 Å². The number of hydrogen-bond donors (Lipinski definition) is 2. The van der Waals surface area contributed by atoms with Gasteiger partial charge in [0.05, 0.1) is 22.4 Å². The molecule has 15 heteroatoms. The van der Waals surface area contributed by atoms with E-state index in [-0.39, 0.29) is 35.6 Å². The summed E-state index contributed by atoms with van der Waals surface area (Å²) in [5, 5.41) is 5.94. The van der Waals surface area contributed by atoms with Crippen molar-refractivity contribution in [1.29, 1.82) is 0 Å². The van der Waals surface area contributed by atoms with Crippen molar-refractivity contribution in [3.63, 3.8) is 0 Å². The van der Waals surface area contributed by atoms with Gasteiger partial charge in [0, 0.05) is 62.7 Å². The summed E-state index contributed by atoms with van der Waals surface area (Å²) in [4.78, 5) is 67.3. The van der Waals surface area contributed by atoms with E-state index in [1.54, 1.807) is 29.1 Å². The smallest absolute Gasteiger partial charge is 0.323 e. The normalized spacial score (nSPS) is 21.1. The fraction of sp³-hybridized carbons (Fsp3) is 0.543. The molecular formula is C35H44N8O5S2. The van der Waals surface area contributed by atoms with Gasteiger partial charge >= 0.3 is 6.03 Å². The number of piperidine rings is 2. The molecular weight excluding hydrogens is 677 g/mol. The highest BCUT2D eigenvalue weighted by Gasteiger charge is 2.39. The number of likely N-dealkylation sites (tertiary alicyclic amines) is 1. The maximum Gasteiger partial charge on any atom is 0.323 e. The first-order chi connectivity index (χ1) is 24.0. The number of nitrogens with zero attached hydrogens (tertiary/aromatic N) is 6. The van der Waals surface area contributed by atoms with E-state index in [9.17, 15) is 19.2 Å². The monoisotopic (exact) mass is 720 g/mol. The van der Waals surface area contributed by atoms with E-state index < -0.39 is 6.04 Å². The number of thioether (sulfide) groups is 1. The van der Waals surface area contributed by atoms with Crippen molar-refractivity contribution in [1.82, 2.24) is 34.9 Å². The molecule has 7 rings (SSSR count). The second-order valence-electron chi connectivity index (χ2n) is 14.5. The number of hydrogen-bond acceptors (Lipinski definition) is 11. The zero-order valence-electron chi connectivity index (χ0n) is 28.8. The van der Waals surface area contributed by atoms with Crippen LogP contribution < -0.4 is 10.6 Å². The molecule has 3 fully saturated rings. The molecule has 50 heavy (non-hydrogen) atoms. The third-order valence-electron chi connectivity index (χ3n) is 10.00. The number of thiazole rings is 1. The van der Waals surface area contributed by atoms with E-state index >= 15 is 0 Å². The largest absolute Gasteiger partial charge is 0.444 e. The zero-order chi connectivity index (χ0) is 35.0. The average molecular weight is 721 g/mol. The summed E-state index contributed by atoms with van der Waals surface area (Å²) >= 11 is 3.06. The number of benzene rings is 1. The molecule has 0 bridgehead atoms. The zero-order valence-corrected chi connectivity index (χ0v) is 30.4. The number of aromatic nitrogens is 2. The Labute approximate surface area is 300 Å². The molecule has 4 aliphatic heterocycles. The van der Waals surface area contributed by atoms with Gasteiger partial charge in [-0.1, -0.05) is 44.2 Å². The number of rotatable bonds is 8. The second kappa shape index (κ2) is 14.4.